The molecule has 4 aromatic rings. The SMILES string of the molecule is CCCSc1nc2n(n1)C(c1ccc(OCc3ccc(Cl)cc3)c(OC)c1)C(C(=O)Nc1ccc(C)cc1C)=C(C)N2. The Labute approximate surface area is 255 Å². The summed E-state index contributed by atoms with van der Waals surface area (Å²) in [7, 11) is 1.60. The number of hydrogen-bond donors (Lipinski definition) is 2. The van der Waals surface area contributed by atoms with Crippen molar-refractivity contribution in [3.63, 3.8) is 0 Å². The molecule has 42 heavy (non-hydrogen) atoms. The molecule has 5 rings (SSSR count). The summed E-state index contributed by atoms with van der Waals surface area (Å²) >= 11 is 7.61. The minimum absolute atomic E-state index is 0.220. The van der Waals surface area contributed by atoms with Gasteiger partial charge in [0.05, 0.1) is 12.7 Å². The molecule has 1 aromatic heterocycles. The maximum Gasteiger partial charge on any atom is 0.255 e. The minimum Gasteiger partial charge on any atom is -0.493 e. The van der Waals surface area contributed by atoms with Crippen LogP contribution < -0.4 is 20.1 Å². The van der Waals surface area contributed by atoms with Crippen LogP contribution in [0.2, 0.25) is 5.02 Å². The zero-order chi connectivity index (χ0) is 29.8. The third-order valence-electron chi connectivity index (χ3n) is 6.95. The number of methoxy groups -OCH3 is 1. The highest BCUT2D eigenvalue weighted by Crippen LogP contribution is 2.40. The first kappa shape index (κ1) is 29.5. The molecule has 1 aliphatic heterocycles. The number of allylic oxidation sites excluding steroid dienone is 1. The van der Waals surface area contributed by atoms with Crippen LogP contribution in [0.15, 0.2) is 77.1 Å². The van der Waals surface area contributed by atoms with Gasteiger partial charge in [0.25, 0.3) is 5.91 Å². The second-order valence-corrected chi connectivity index (χ2v) is 11.7. The maximum absolute atomic E-state index is 14.0. The molecule has 0 fully saturated rings. The van der Waals surface area contributed by atoms with Crippen molar-refractivity contribution in [3.05, 3.63) is 99.2 Å². The molecule has 218 valence electrons. The number of nitrogens with one attached hydrogen (secondary N) is 2. The molecule has 0 bridgehead atoms. The predicted molar refractivity (Wildman–Crippen MR) is 169 cm³/mol. The Morgan fingerprint density at radius 1 is 1.07 bits per heavy atom. The summed E-state index contributed by atoms with van der Waals surface area (Å²) in [6.07, 6.45) is 1.00. The molecule has 3 aromatic carbocycles. The van der Waals surface area contributed by atoms with E-state index in [4.69, 9.17) is 31.2 Å². The summed E-state index contributed by atoms with van der Waals surface area (Å²) in [5, 5.41) is 12.6. The van der Waals surface area contributed by atoms with E-state index >= 15 is 0 Å². The van der Waals surface area contributed by atoms with Crippen molar-refractivity contribution in [2.45, 2.75) is 51.9 Å². The highest BCUT2D eigenvalue weighted by Gasteiger charge is 2.35. The third-order valence-corrected chi connectivity index (χ3v) is 8.25. The summed E-state index contributed by atoms with van der Waals surface area (Å²) in [5.74, 6) is 2.40. The number of thioether (sulfide) groups is 1. The van der Waals surface area contributed by atoms with Gasteiger partial charge in [-0.05, 0) is 74.2 Å². The van der Waals surface area contributed by atoms with E-state index in [9.17, 15) is 4.79 Å². The first-order valence-electron chi connectivity index (χ1n) is 13.8. The molecule has 0 radical (unpaired) electrons. The lowest BCUT2D eigenvalue weighted by atomic mass is 9.94. The molecular formula is C32H34ClN5O3S. The van der Waals surface area contributed by atoms with Crippen LogP contribution in [0.1, 0.15) is 48.6 Å². The van der Waals surface area contributed by atoms with Crippen molar-refractivity contribution in [3.8, 4) is 11.5 Å². The van der Waals surface area contributed by atoms with Gasteiger partial charge in [0, 0.05) is 22.2 Å². The summed E-state index contributed by atoms with van der Waals surface area (Å²) in [5.41, 5.74) is 5.93. The molecule has 0 saturated carbocycles. The molecular weight excluding hydrogens is 570 g/mol. The van der Waals surface area contributed by atoms with Crippen LogP contribution in [-0.2, 0) is 11.4 Å². The zero-order valence-corrected chi connectivity index (χ0v) is 25.9. The molecule has 0 aliphatic carbocycles. The van der Waals surface area contributed by atoms with Crippen molar-refractivity contribution in [2.75, 3.05) is 23.5 Å². The number of carbonyl (C=O) groups is 1. The number of benzene rings is 3. The van der Waals surface area contributed by atoms with E-state index in [2.05, 4.69) is 17.6 Å². The lowest BCUT2D eigenvalue weighted by Gasteiger charge is -2.29. The van der Waals surface area contributed by atoms with Gasteiger partial charge in [0.1, 0.15) is 12.6 Å². The average Bonchev–Trinajstić information content (AvgIpc) is 3.38. The van der Waals surface area contributed by atoms with Gasteiger partial charge in [0.2, 0.25) is 11.1 Å². The second kappa shape index (κ2) is 12.9. The van der Waals surface area contributed by atoms with Crippen molar-refractivity contribution in [1.29, 1.82) is 0 Å². The van der Waals surface area contributed by atoms with Crippen molar-refractivity contribution < 1.29 is 14.3 Å². The first-order chi connectivity index (χ1) is 20.3. The van der Waals surface area contributed by atoms with Crippen molar-refractivity contribution in [2.24, 2.45) is 0 Å². The summed E-state index contributed by atoms with van der Waals surface area (Å²) in [6.45, 7) is 8.38. The van der Waals surface area contributed by atoms with E-state index in [0.29, 0.717) is 45.5 Å². The lowest BCUT2D eigenvalue weighted by molar-refractivity contribution is -0.113. The summed E-state index contributed by atoms with van der Waals surface area (Å²) in [6, 6.07) is 18.6. The van der Waals surface area contributed by atoms with E-state index in [1.165, 1.54) is 0 Å². The molecule has 10 heteroatoms. The normalized spacial score (nSPS) is 14.3. The Morgan fingerprint density at radius 3 is 2.57 bits per heavy atom. The van der Waals surface area contributed by atoms with E-state index in [1.54, 1.807) is 23.6 Å². The molecule has 2 heterocycles. The third kappa shape index (κ3) is 6.42. The second-order valence-electron chi connectivity index (χ2n) is 10.2. The number of nitrogens with zero attached hydrogens (tertiary/aromatic N) is 3. The number of ether oxygens (including phenoxy) is 2. The molecule has 0 spiro atoms. The zero-order valence-electron chi connectivity index (χ0n) is 24.3. The number of halogens is 1. The summed E-state index contributed by atoms with van der Waals surface area (Å²) < 4.78 is 13.6. The number of aromatic nitrogens is 3. The van der Waals surface area contributed by atoms with Gasteiger partial charge >= 0.3 is 0 Å². The Balaban J connectivity index is 1.51. The predicted octanol–water partition coefficient (Wildman–Crippen LogP) is 7.57. The van der Waals surface area contributed by atoms with E-state index in [0.717, 1.165) is 40.1 Å². The Hall–Kier alpha value is -3.95. The number of aryl methyl sites for hydroxylation is 2. The number of amides is 1. The standard InChI is InChI=1S/C32H34ClN5O3S/c1-6-15-42-32-36-31-34-21(4)28(30(39)35-25-13-7-19(2)16-20(25)3)29(38(31)37-32)23-10-14-26(27(17-23)40-5)41-18-22-8-11-24(33)12-9-22/h7-14,16-17,29H,6,15,18H2,1-5H3,(H,35,39)(H,34,36,37). The van der Waals surface area contributed by atoms with Crippen LogP contribution in [-0.4, -0.2) is 33.5 Å². The minimum atomic E-state index is -0.547. The van der Waals surface area contributed by atoms with Crippen LogP contribution in [0.4, 0.5) is 11.6 Å². The van der Waals surface area contributed by atoms with E-state index in [-0.39, 0.29) is 5.91 Å². The molecule has 1 aliphatic rings. The molecule has 1 atom stereocenters. The number of rotatable bonds is 10. The molecule has 2 N–H and O–H groups in total. The van der Waals surface area contributed by atoms with E-state index < -0.39 is 6.04 Å². The summed E-state index contributed by atoms with van der Waals surface area (Å²) in [4.78, 5) is 18.7. The Morgan fingerprint density at radius 2 is 1.86 bits per heavy atom. The smallest absolute Gasteiger partial charge is 0.255 e. The molecule has 1 unspecified atom stereocenters. The van der Waals surface area contributed by atoms with Gasteiger partial charge in [-0.1, -0.05) is 66.2 Å². The topological polar surface area (TPSA) is 90.3 Å². The van der Waals surface area contributed by atoms with Gasteiger partial charge in [-0.3, -0.25) is 4.79 Å². The van der Waals surface area contributed by atoms with Gasteiger partial charge in [-0.15, -0.1) is 5.10 Å². The lowest BCUT2D eigenvalue weighted by Crippen LogP contribution is -2.31. The Kier molecular flexibility index (Phi) is 9.09. The maximum atomic E-state index is 14.0. The molecule has 1 amide bonds. The van der Waals surface area contributed by atoms with Gasteiger partial charge < -0.3 is 20.1 Å². The fourth-order valence-corrected chi connectivity index (χ4v) is 5.66. The van der Waals surface area contributed by atoms with Crippen LogP contribution in [0.5, 0.6) is 11.5 Å². The highest BCUT2D eigenvalue weighted by molar-refractivity contribution is 7.99. The number of anilines is 2. The van der Waals surface area contributed by atoms with Gasteiger partial charge in [0.15, 0.2) is 11.5 Å². The number of carbonyl (C=O) groups excluding carboxylic acids is 1. The fourth-order valence-electron chi connectivity index (χ4n) is 4.85. The van der Waals surface area contributed by atoms with Gasteiger partial charge in [-0.2, -0.15) is 4.98 Å². The number of fused-ring (bicyclic) bond motifs is 1. The fraction of sp³-hybridized carbons (Fsp3) is 0.281. The van der Waals surface area contributed by atoms with Crippen LogP contribution in [0, 0.1) is 13.8 Å². The monoisotopic (exact) mass is 603 g/mol. The van der Waals surface area contributed by atoms with Crippen LogP contribution >= 0.6 is 23.4 Å². The molecule has 8 nitrogen and oxygen atoms in total. The number of hydrogen-bond acceptors (Lipinski definition) is 7. The highest BCUT2D eigenvalue weighted by atomic mass is 35.5. The van der Waals surface area contributed by atoms with Crippen molar-refractivity contribution >= 4 is 40.9 Å². The van der Waals surface area contributed by atoms with Crippen LogP contribution in [0.3, 0.4) is 0 Å². The Bertz CT molecular complexity index is 1630. The van der Waals surface area contributed by atoms with Crippen LogP contribution in [0.25, 0.3) is 0 Å². The average molecular weight is 604 g/mol. The quantitative estimate of drug-likeness (QED) is 0.181. The van der Waals surface area contributed by atoms with E-state index in [1.807, 2.05) is 81.4 Å². The largest absolute Gasteiger partial charge is 0.493 e. The van der Waals surface area contributed by atoms with Crippen molar-refractivity contribution in [1.82, 2.24) is 14.8 Å². The van der Waals surface area contributed by atoms with Gasteiger partial charge in [-0.25, -0.2) is 4.68 Å². The molecule has 0 saturated heterocycles. The first-order valence-corrected chi connectivity index (χ1v) is 15.1.